The number of ether oxygens (including phenoxy) is 1. The molecule has 0 spiro atoms. The van der Waals surface area contributed by atoms with Crippen LogP contribution in [-0.4, -0.2) is 50.1 Å². The number of hydrogen-bond donors (Lipinski definition) is 1. The maximum absolute atomic E-state index is 12.5. The minimum absolute atomic E-state index is 0.0639. The molecule has 9 nitrogen and oxygen atoms in total. The Kier molecular flexibility index (Phi) is 5.21. The predicted octanol–water partition coefficient (Wildman–Crippen LogP) is 1.71. The van der Waals surface area contributed by atoms with E-state index in [4.69, 9.17) is 0 Å². The van der Waals surface area contributed by atoms with Gasteiger partial charge in [-0.3, -0.25) is 4.79 Å². The number of aromatic nitrogens is 5. The largest absolute Gasteiger partial charge is 0.573 e. The van der Waals surface area contributed by atoms with E-state index in [9.17, 15) is 18.0 Å². The summed E-state index contributed by atoms with van der Waals surface area (Å²) in [6.45, 7) is 0.798. The molecule has 1 aliphatic heterocycles. The summed E-state index contributed by atoms with van der Waals surface area (Å²) < 4.78 is 43.0. The molecular weight excluding hydrogens is 403 g/mol. The second-order valence-electron chi connectivity index (χ2n) is 6.55. The number of hydrogen-bond acceptors (Lipinski definition) is 7. The molecule has 0 unspecified atom stereocenters. The fourth-order valence-electron chi connectivity index (χ4n) is 2.99. The van der Waals surface area contributed by atoms with Gasteiger partial charge in [0.25, 0.3) is 0 Å². The van der Waals surface area contributed by atoms with E-state index < -0.39 is 6.36 Å². The third-order valence-corrected chi connectivity index (χ3v) is 4.52. The normalized spacial score (nSPS) is 14.3. The van der Waals surface area contributed by atoms with Crippen molar-refractivity contribution in [3.63, 3.8) is 0 Å². The van der Waals surface area contributed by atoms with E-state index in [2.05, 4.69) is 30.1 Å². The van der Waals surface area contributed by atoms with Crippen molar-refractivity contribution in [2.75, 3.05) is 18.0 Å². The third kappa shape index (κ3) is 4.47. The molecule has 1 aliphatic rings. The summed E-state index contributed by atoms with van der Waals surface area (Å²) in [7, 11) is 0. The van der Waals surface area contributed by atoms with Crippen LogP contribution in [0.5, 0.6) is 5.75 Å². The Morgan fingerprint density at radius 3 is 2.67 bits per heavy atom. The molecule has 156 valence electrons. The minimum atomic E-state index is -4.79. The lowest BCUT2D eigenvalue weighted by Gasteiger charge is -2.39. The van der Waals surface area contributed by atoms with Gasteiger partial charge in [-0.15, -0.1) is 13.2 Å². The van der Waals surface area contributed by atoms with E-state index in [-0.39, 0.29) is 29.7 Å². The van der Waals surface area contributed by atoms with Gasteiger partial charge in [-0.2, -0.15) is 5.10 Å². The van der Waals surface area contributed by atoms with Gasteiger partial charge in [-0.25, -0.2) is 19.6 Å². The fraction of sp³-hybridized carbons (Fsp3) is 0.278. The Morgan fingerprint density at radius 2 is 1.93 bits per heavy atom. The molecule has 3 heterocycles. The molecule has 3 aromatic rings. The number of amides is 1. The number of carbonyl (C=O) groups excluding carboxylic acids is 1. The van der Waals surface area contributed by atoms with Crippen LogP contribution in [-0.2, 0) is 11.3 Å². The highest BCUT2D eigenvalue weighted by Crippen LogP contribution is 2.27. The molecule has 0 radical (unpaired) electrons. The Balaban J connectivity index is 1.32. The standard InChI is InChI=1S/C18H16F3N7O2/c19-18(20,21)30-14-4-2-1-3-12(14)6-23-17(29)13-7-27(8-13)15-5-16(25-10-24-15)28-11-22-9-26-28/h1-5,9-11,13H,6-8H2,(H,23,29). The van der Waals surface area contributed by atoms with Crippen molar-refractivity contribution in [3.05, 3.63) is 54.9 Å². The topological polar surface area (TPSA) is 98.1 Å². The van der Waals surface area contributed by atoms with Crippen LogP contribution < -0.4 is 15.0 Å². The summed E-state index contributed by atoms with van der Waals surface area (Å²) in [5.74, 6) is 0.307. The highest BCUT2D eigenvalue weighted by molar-refractivity contribution is 5.81. The van der Waals surface area contributed by atoms with Gasteiger partial charge in [0.15, 0.2) is 5.82 Å². The molecule has 1 saturated heterocycles. The van der Waals surface area contributed by atoms with Gasteiger partial charge >= 0.3 is 6.36 Å². The molecule has 2 aromatic heterocycles. The highest BCUT2D eigenvalue weighted by atomic mass is 19.4. The van der Waals surface area contributed by atoms with Crippen molar-refractivity contribution < 1.29 is 22.7 Å². The summed E-state index contributed by atoms with van der Waals surface area (Å²) in [6, 6.07) is 7.43. The fourth-order valence-corrected chi connectivity index (χ4v) is 2.99. The zero-order valence-electron chi connectivity index (χ0n) is 15.5. The lowest BCUT2D eigenvalue weighted by molar-refractivity contribution is -0.274. The van der Waals surface area contributed by atoms with Crippen LogP contribution >= 0.6 is 0 Å². The number of benzene rings is 1. The molecule has 0 bridgehead atoms. The maximum Gasteiger partial charge on any atom is 0.573 e. The number of rotatable bonds is 6. The highest BCUT2D eigenvalue weighted by Gasteiger charge is 2.34. The van der Waals surface area contributed by atoms with Crippen LogP contribution in [0.2, 0.25) is 0 Å². The zero-order valence-corrected chi connectivity index (χ0v) is 15.5. The van der Waals surface area contributed by atoms with Crippen molar-refractivity contribution in [3.8, 4) is 11.6 Å². The van der Waals surface area contributed by atoms with Crippen LogP contribution in [0.4, 0.5) is 19.0 Å². The van der Waals surface area contributed by atoms with Crippen molar-refractivity contribution in [1.82, 2.24) is 30.0 Å². The monoisotopic (exact) mass is 419 g/mol. The Bertz CT molecular complexity index is 1020. The quantitative estimate of drug-likeness (QED) is 0.650. The first-order valence-corrected chi connectivity index (χ1v) is 8.92. The van der Waals surface area contributed by atoms with Gasteiger partial charge in [-0.05, 0) is 6.07 Å². The van der Waals surface area contributed by atoms with Crippen molar-refractivity contribution in [2.24, 2.45) is 5.92 Å². The van der Waals surface area contributed by atoms with Crippen molar-refractivity contribution in [1.29, 1.82) is 0 Å². The van der Waals surface area contributed by atoms with E-state index in [1.165, 1.54) is 41.9 Å². The number of halogens is 3. The minimum Gasteiger partial charge on any atom is -0.405 e. The smallest absolute Gasteiger partial charge is 0.405 e. The summed E-state index contributed by atoms with van der Waals surface area (Å²) >= 11 is 0. The number of anilines is 1. The van der Waals surface area contributed by atoms with Crippen molar-refractivity contribution in [2.45, 2.75) is 12.9 Å². The third-order valence-electron chi connectivity index (χ3n) is 4.52. The summed E-state index contributed by atoms with van der Waals surface area (Å²) in [5, 5.41) is 6.67. The van der Waals surface area contributed by atoms with Crippen LogP contribution in [0.25, 0.3) is 5.82 Å². The predicted molar refractivity (Wildman–Crippen MR) is 97.6 cm³/mol. The van der Waals surface area contributed by atoms with Crippen LogP contribution in [0, 0.1) is 5.92 Å². The van der Waals surface area contributed by atoms with Crippen LogP contribution in [0.1, 0.15) is 5.56 Å². The lowest BCUT2D eigenvalue weighted by atomic mass is 9.99. The first-order chi connectivity index (χ1) is 14.4. The van der Waals surface area contributed by atoms with Crippen LogP contribution in [0.15, 0.2) is 49.3 Å². The first-order valence-electron chi connectivity index (χ1n) is 8.92. The van der Waals surface area contributed by atoms with Crippen LogP contribution in [0.3, 0.4) is 0 Å². The number of nitrogens with one attached hydrogen (secondary N) is 1. The molecule has 0 saturated carbocycles. The molecule has 12 heteroatoms. The van der Waals surface area contributed by atoms with Gasteiger partial charge in [0.1, 0.15) is 30.5 Å². The lowest BCUT2D eigenvalue weighted by Crippen LogP contribution is -2.54. The van der Waals surface area contributed by atoms with E-state index in [1.54, 1.807) is 12.1 Å². The summed E-state index contributed by atoms with van der Waals surface area (Å²) in [5.41, 5.74) is 0.243. The Morgan fingerprint density at radius 1 is 1.17 bits per heavy atom. The average molecular weight is 419 g/mol. The van der Waals surface area contributed by atoms with Crippen molar-refractivity contribution >= 4 is 11.7 Å². The Hall–Kier alpha value is -3.70. The SMILES string of the molecule is O=C(NCc1ccccc1OC(F)(F)F)C1CN(c2cc(-n3cncn3)ncn2)C1. The molecule has 1 fully saturated rings. The van der Waals surface area contributed by atoms with Gasteiger partial charge in [-0.1, -0.05) is 18.2 Å². The van der Waals surface area contributed by atoms with E-state index >= 15 is 0 Å². The number of alkyl halides is 3. The molecule has 1 N–H and O–H groups in total. The van der Waals surface area contributed by atoms with E-state index in [1.807, 2.05) is 4.90 Å². The molecule has 4 rings (SSSR count). The maximum atomic E-state index is 12.5. The summed E-state index contributed by atoms with van der Waals surface area (Å²) in [4.78, 5) is 26.5. The first kappa shape index (κ1) is 19.6. The zero-order chi connectivity index (χ0) is 21.1. The molecule has 1 amide bonds. The summed E-state index contributed by atoms with van der Waals surface area (Å²) in [6.07, 6.45) is -0.489. The van der Waals surface area contributed by atoms with Gasteiger partial charge in [0, 0.05) is 31.3 Å². The number of carbonyl (C=O) groups is 1. The molecule has 1 aromatic carbocycles. The number of para-hydroxylation sites is 1. The molecular formula is C18H16F3N7O2. The second-order valence-corrected chi connectivity index (χ2v) is 6.55. The van der Waals surface area contributed by atoms with Gasteiger partial charge < -0.3 is 15.0 Å². The number of nitrogens with zero attached hydrogens (tertiary/aromatic N) is 6. The molecule has 0 atom stereocenters. The molecule has 0 aliphatic carbocycles. The average Bonchev–Trinajstić information content (AvgIpc) is 3.20. The van der Waals surface area contributed by atoms with Gasteiger partial charge in [0.2, 0.25) is 5.91 Å². The van der Waals surface area contributed by atoms with E-state index in [0.717, 1.165) is 0 Å². The second kappa shape index (κ2) is 7.97. The van der Waals surface area contributed by atoms with Gasteiger partial charge in [0.05, 0.1) is 5.92 Å². The molecule has 30 heavy (non-hydrogen) atoms. The van der Waals surface area contributed by atoms with E-state index in [0.29, 0.717) is 24.7 Å². The Labute approximate surface area is 168 Å².